The van der Waals surface area contributed by atoms with Gasteiger partial charge in [-0.15, -0.1) is 0 Å². The summed E-state index contributed by atoms with van der Waals surface area (Å²) >= 11 is 0. The minimum Gasteiger partial charge on any atom is -0.481 e. The molecule has 2 atom stereocenters. The van der Waals surface area contributed by atoms with Gasteiger partial charge < -0.3 is 25.2 Å². The molecule has 178 valence electrons. The molecule has 2 fully saturated rings. The highest BCUT2D eigenvalue weighted by Crippen LogP contribution is 2.45. The van der Waals surface area contributed by atoms with Gasteiger partial charge in [0.1, 0.15) is 12.6 Å². The molecule has 8 nitrogen and oxygen atoms in total. The summed E-state index contributed by atoms with van der Waals surface area (Å²) in [7, 11) is 0. The molecule has 2 aliphatic carbocycles. The highest BCUT2D eigenvalue weighted by Gasteiger charge is 2.45. The lowest BCUT2D eigenvalue weighted by Gasteiger charge is -2.37. The van der Waals surface area contributed by atoms with E-state index in [1.807, 2.05) is 48.5 Å². The first-order valence-corrected chi connectivity index (χ1v) is 11.7. The van der Waals surface area contributed by atoms with Gasteiger partial charge in [0.15, 0.2) is 0 Å². The molecule has 3 N–H and O–H groups in total. The van der Waals surface area contributed by atoms with Crippen LogP contribution in [0.15, 0.2) is 48.5 Å². The number of rotatable bonds is 7. The quantitative estimate of drug-likeness (QED) is 0.580. The second-order valence-electron chi connectivity index (χ2n) is 9.38. The fraction of sp³-hybridized carbons (Fsp3) is 0.423. The number of hydrogen-bond donors (Lipinski definition) is 3. The SMILES string of the molecule is O=C(O)CC(NC(=O)OCC1c2ccccc2-c2ccccc21)C(=O)NC1COC2(CCC2)C1. The van der Waals surface area contributed by atoms with Crippen LogP contribution in [0.1, 0.15) is 49.1 Å². The van der Waals surface area contributed by atoms with Crippen molar-refractivity contribution < 1.29 is 29.0 Å². The van der Waals surface area contributed by atoms with Gasteiger partial charge in [0, 0.05) is 5.92 Å². The Hall–Kier alpha value is -3.39. The van der Waals surface area contributed by atoms with Crippen molar-refractivity contribution in [1.29, 1.82) is 0 Å². The number of fused-ring (bicyclic) bond motifs is 3. The van der Waals surface area contributed by atoms with E-state index in [1.54, 1.807) is 0 Å². The number of nitrogens with one attached hydrogen (secondary N) is 2. The molecule has 1 aliphatic heterocycles. The maximum absolute atomic E-state index is 12.8. The molecule has 2 aromatic carbocycles. The number of carboxylic acid groups (broad SMARTS) is 1. The van der Waals surface area contributed by atoms with E-state index in [9.17, 15) is 19.5 Å². The molecule has 2 aromatic rings. The van der Waals surface area contributed by atoms with Crippen molar-refractivity contribution in [1.82, 2.24) is 10.6 Å². The first-order valence-electron chi connectivity index (χ1n) is 11.7. The third-order valence-electron chi connectivity index (χ3n) is 7.15. The van der Waals surface area contributed by atoms with Crippen molar-refractivity contribution in [2.24, 2.45) is 0 Å². The maximum atomic E-state index is 12.8. The lowest BCUT2D eigenvalue weighted by Crippen LogP contribution is -2.51. The van der Waals surface area contributed by atoms with E-state index in [4.69, 9.17) is 9.47 Å². The largest absolute Gasteiger partial charge is 0.481 e. The summed E-state index contributed by atoms with van der Waals surface area (Å²) in [6.07, 6.45) is 2.44. The standard InChI is InChI=1S/C26H28N2O6/c29-23(30)12-22(24(31)27-16-13-26(34-14-16)10-5-11-26)28-25(32)33-15-21-19-8-3-1-6-17(19)18-7-2-4-9-20(18)21/h1-4,6-9,16,21-22H,5,10-15H2,(H,27,31)(H,28,32)(H,29,30). The Bertz CT molecular complexity index is 1070. The average molecular weight is 465 g/mol. The van der Waals surface area contributed by atoms with E-state index in [0.717, 1.165) is 41.5 Å². The first kappa shape index (κ1) is 22.4. The highest BCUT2D eigenvalue weighted by atomic mass is 16.5. The van der Waals surface area contributed by atoms with Gasteiger partial charge in [0.25, 0.3) is 0 Å². The van der Waals surface area contributed by atoms with E-state index < -0.39 is 30.4 Å². The number of ether oxygens (including phenoxy) is 2. The zero-order chi connectivity index (χ0) is 23.7. The van der Waals surface area contributed by atoms with Crippen LogP contribution in [0.2, 0.25) is 0 Å². The molecule has 1 saturated heterocycles. The molecule has 5 rings (SSSR count). The van der Waals surface area contributed by atoms with Crippen LogP contribution < -0.4 is 10.6 Å². The molecular formula is C26H28N2O6. The predicted molar refractivity (Wildman–Crippen MR) is 123 cm³/mol. The Morgan fingerprint density at radius 3 is 2.26 bits per heavy atom. The zero-order valence-corrected chi connectivity index (χ0v) is 18.8. The van der Waals surface area contributed by atoms with E-state index in [1.165, 1.54) is 0 Å². The van der Waals surface area contributed by atoms with Crippen molar-refractivity contribution in [2.45, 2.75) is 55.7 Å². The van der Waals surface area contributed by atoms with Crippen LogP contribution >= 0.6 is 0 Å². The minimum absolute atomic E-state index is 0.0836. The first-order chi connectivity index (χ1) is 16.4. The molecule has 1 spiro atoms. The summed E-state index contributed by atoms with van der Waals surface area (Å²) in [6.45, 7) is 0.483. The minimum atomic E-state index is -1.23. The molecule has 0 bridgehead atoms. The molecule has 8 heteroatoms. The molecular weight excluding hydrogens is 436 g/mol. The number of benzene rings is 2. The van der Waals surface area contributed by atoms with Gasteiger partial charge in [-0.2, -0.15) is 0 Å². The lowest BCUT2D eigenvalue weighted by molar-refractivity contribution is -0.140. The van der Waals surface area contributed by atoms with Gasteiger partial charge >= 0.3 is 12.1 Å². The Labute approximate surface area is 197 Å². The second-order valence-corrected chi connectivity index (χ2v) is 9.38. The molecule has 0 radical (unpaired) electrons. The topological polar surface area (TPSA) is 114 Å². The third kappa shape index (κ3) is 4.37. The van der Waals surface area contributed by atoms with Crippen LogP contribution in [0.25, 0.3) is 11.1 Å². The summed E-state index contributed by atoms with van der Waals surface area (Å²) in [5.41, 5.74) is 4.22. The van der Waals surface area contributed by atoms with E-state index >= 15 is 0 Å². The number of hydrogen-bond acceptors (Lipinski definition) is 5. The molecule has 2 unspecified atom stereocenters. The average Bonchev–Trinajstić information content (AvgIpc) is 3.37. The zero-order valence-electron chi connectivity index (χ0n) is 18.8. The number of amides is 2. The van der Waals surface area contributed by atoms with Gasteiger partial charge in [-0.05, 0) is 47.9 Å². The molecule has 1 saturated carbocycles. The number of alkyl carbamates (subject to hydrolysis) is 1. The van der Waals surface area contributed by atoms with Gasteiger partial charge in [-0.1, -0.05) is 48.5 Å². The number of carboxylic acids is 1. The maximum Gasteiger partial charge on any atom is 0.407 e. The number of carbonyl (C=O) groups excluding carboxylic acids is 2. The van der Waals surface area contributed by atoms with Crippen molar-refractivity contribution in [3.05, 3.63) is 59.7 Å². The summed E-state index contributed by atoms with van der Waals surface area (Å²) in [4.78, 5) is 36.7. The third-order valence-corrected chi connectivity index (χ3v) is 7.15. The predicted octanol–water partition coefficient (Wildman–Crippen LogP) is 3.20. The van der Waals surface area contributed by atoms with Gasteiger partial charge in [-0.25, -0.2) is 4.79 Å². The summed E-state index contributed by atoms with van der Waals surface area (Å²) in [5, 5.41) is 14.5. The van der Waals surface area contributed by atoms with E-state index in [2.05, 4.69) is 10.6 Å². The Balaban J connectivity index is 1.20. The lowest BCUT2D eigenvalue weighted by atomic mass is 9.77. The highest BCUT2D eigenvalue weighted by molar-refractivity contribution is 5.89. The van der Waals surface area contributed by atoms with Gasteiger partial charge in [0.2, 0.25) is 5.91 Å². The van der Waals surface area contributed by atoms with Crippen LogP contribution in [-0.4, -0.2) is 54.0 Å². The second kappa shape index (κ2) is 9.10. The van der Waals surface area contributed by atoms with Crippen molar-refractivity contribution >= 4 is 18.0 Å². The molecule has 2 amide bonds. The fourth-order valence-corrected chi connectivity index (χ4v) is 5.32. The van der Waals surface area contributed by atoms with Crippen molar-refractivity contribution in [3.63, 3.8) is 0 Å². The number of aliphatic carboxylic acids is 1. The molecule has 1 heterocycles. The van der Waals surface area contributed by atoms with Crippen molar-refractivity contribution in [2.75, 3.05) is 13.2 Å². The molecule has 3 aliphatic rings. The molecule has 0 aromatic heterocycles. The molecule has 34 heavy (non-hydrogen) atoms. The number of carbonyl (C=O) groups is 3. The summed E-state index contributed by atoms with van der Waals surface area (Å²) in [6, 6.07) is 14.5. The van der Waals surface area contributed by atoms with E-state index in [-0.39, 0.29) is 24.2 Å². The van der Waals surface area contributed by atoms with Crippen LogP contribution in [0.4, 0.5) is 4.79 Å². The van der Waals surface area contributed by atoms with Crippen molar-refractivity contribution in [3.8, 4) is 11.1 Å². The smallest absolute Gasteiger partial charge is 0.407 e. The monoisotopic (exact) mass is 464 g/mol. The van der Waals surface area contributed by atoms with Crippen LogP contribution in [0, 0.1) is 0 Å². The van der Waals surface area contributed by atoms with Crippen LogP contribution in [0.5, 0.6) is 0 Å². The normalized spacial score (nSPS) is 20.6. The van der Waals surface area contributed by atoms with Gasteiger partial charge in [0.05, 0.1) is 24.7 Å². The van der Waals surface area contributed by atoms with E-state index in [0.29, 0.717) is 13.0 Å². The Morgan fingerprint density at radius 2 is 1.71 bits per heavy atom. The van der Waals surface area contributed by atoms with Crippen LogP contribution in [-0.2, 0) is 19.1 Å². The fourth-order valence-electron chi connectivity index (χ4n) is 5.32. The Morgan fingerprint density at radius 1 is 1.06 bits per heavy atom. The van der Waals surface area contributed by atoms with Gasteiger partial charge in [-0.3, -0.25) is 9.59 Å². The van der Waals surface area contributed by atoms with Crippen LogP contribution in [0.3, 0.4) is 0 Å². The Kier molecular flexibility index (Phi) is 6.00. The summed E-state index contributed by atoms with van der Waals surface area (Å²) in [5.74, 6) is -1.85. The summed E-state index contributed by atoms with van der Waals surface area (Å²) < 4.78 is 11.3.